The summed E-state index contributed by atoms with van der Waals surface area (Å²) in [5, 5.41) is 13.3. The number of carbonyl (C=O) groups excluding carboxylic acids is 1. The number of hydrogen-bond acceptors (Lipinski definition) is 4. The van der Waals surface area contributed by atoms with E-state index in [0.29, 0.717) is 12.4 Å². The summed E-state index contributed by atoms with van der Waals surface area (Å²) in [6.45, 7) is 0.699. The van der Waals surface area contributed by atoms with E-state index in [4.69, 9.17) is 0 Å². The van der Waals surface area contributed by atoms with Crippen LogP contribution >= 0.6 is 0 Å². The Hall–Kier alpha value is -2.50. The first-order chi connectivity index (χ1) is 10.2. The van der Waals surface area contributed by atoms with E-state index in [1.54, 1.807) is 25.2 Å². The molecule has 110 valence electrons. The largest absolute Gasteiger partial charge is 0.369 e. The SMILES string of the molecule is CNC(=O)c1ccc(NCCCc2cccc(F)c2)nn1. The molecule has 21 heavy (non-hydrogen) atoms. The second kappa shape index (κ2) is 7.33. The molecular weight excluding hydrogens is 271 g/mol. The molecule has 0 aliphatic carbocycles. The molecule has 1 heterocycles. The Morgan fingerprint density at radius 3 is 2.76 bits per heavy atom. The van der Waals surface area contributed by atoms with Crippen molar-refractivity contribution in [3.05, 3.63) is 53.5 Å². The number of carbonyl (C=O) groups is 1. The highest BCUT2D eigenvalue weighted by Crippen LogP contribution is 2.07. The van der Waals surface area contributed by atoms with E-state index in [0.717, 1.165) is 18.4 Å². The van der Waals surface area contributed by atoms with Crippen LogP contribution in [0.4, 0.5) is 10.2 Å². The lowest BCUT2D eigenvalue weighted by atomic mass is 10.1. The Bertz CT molecular complexity index is 601. The van der Waals surface area contributed by atoms with Crippen molar-refractivity contribution in [3.63, 3.8) is 0 Å². The van der Waals surface area contributed by atoms with Crippen molar-refractivity contribution in [1.29, 1.82) is 0 Å². The molecule has 0 aliphatic heterocycles. The summed E-state index contributed by atoms with van der Waals surface area (Å²) in [7, 11) is 1.54. The maximum absolute atomic E-state index is 13.0. The molecule has 0 atom stereocenters. The van der Waals surface area contributed by atoms with Crippen molar-refractivity contribution in [2.45, 2.75) is 12.8 Å². The van der Waals surface area contributed by atoms with Crippen LogP contribution in [0, 0.1) is 5.82 Å². The molecule has 2 N–H and O–H groups in total. The Balaban J connectivity index is 1.77. The fraction of sp³-hybridized carbons (Fsp3) is 0.267. The van der Waals surface area contributed by atoms with Crippen LogP contribution in [0.2, 0.25) is 0 Å². The van der Waals surface area contributed by atoms with Gasteiger partial charge in [-0.2, -0.15) is 0 Å². The molecule has 0 saturated carbocycles. The van der Waals surface area contributed by atoms with Gasteiger partial charge in [-0.25, -0.2) is 4.39 Å². The zero-order valence-electron chi connectivity index (χ0n) is 11.8. The highest BCUT2D eigenvalue weighted by atomic mass is 19.1. The standard InChI is InChI=1S/C15H17FN4O/c1-17-15(21)13-7-8-14(20-19-13)18-9-3-5-11-4-2-6-12(16)10-11/h2,4,6-8,10H,3,5,9H2,1H3,(H,17,21)(H,18,20). The minimum atomic E-state index is -0.264. The number of hydrogen-bond donors (Lipinski definition) is 2. The summed E-state index contributed by atoms with van der Waals surface area (Å²) < 4.78 is 13.0. The zero-order chi connectivity index (χ0) is 15.1. The van der Waals surface area contributed by atoms with Crippen LogP contribution in [-0.4, -0.2) is 29.7 Å². The molecular formula is C15H17FN4O. The van der Waals surface area contributed by atoms with Crippen LogP contribution in [0.25, 0.3) is 0 Å². The number of benzene rings is 1. The summed E-state index contributed by atoms with van der Waals surface area (Å²) in [5.41, 5.74) is 1.25. The summed E-state index contributed by atoms with van der Waals surface area (Å²) in [4.78, 5) is 11.3. The van der Waals surface area contributed by atoms with Crippen molar-refractivity contribution in [2.24, 2.45) is 0 Å². The summed E-state index contributed by atoms with van der Waals surface area (Å²) in [5.74, 6) is 0.137. The summed E-state index contributed by atoms with van der Waals surface area (Å²) in [6.07, 6.45) is 1.64. The van der Waals surface area contributed by atoms with E-state index in [1.165, 1.54) is 12.1 Å². The number of anilines is 1. The van der Waals surface area contributed by atoms with Gasteiger partial charge in [-0.1, -0.05) is 12.1 Å². The van der Waals surface area contributed by atoms with Crippen molar-refractivity contribution in [2.75, 3.05) is 18.9 Å². The normalized spacial score (nSPS) is 10.2. The van der Waals surface area contributed by atoms with Gasteiger partial charge < -0.3 is 10.6 Å². The molecule has 0 spiro atoms. The molecule has 5 nitrogen and oxygen atoms in total. The number of aryl methyl sites for hydroxylation is 1. The molecule has 1 aromatic heterocycles. The van der Waals surface area contributed by atoms with Crippen molar-refractivity contribution < 1.29 is 9.18 Å². The molecule has 0 unspecified atom stereocenters. The van der Waals surface area contributed by atoms with E-state index in [1.807, 2.05) is 6.07 Å². The molecule has 0 fully saturated rings. The quantitative estimate of drug-likeness (QED) is 0.798. The third-order valence-electron chi connectivity index (χ3n) is 2.96. The van der Waals surface area contributed by atoms with Crippen LogP contribution in [0.1, 0.15) is 22.5 Å². The van der Waals surface area contributed by atoms with Gasteiger partial charge in [0.05, 0.1) is 0 Å². The van der Waals surface area contributed by atoms with E-state index in [2.05, 4.69) is 20.8 Å². The van der Waals surface area contributed by atoms with Crippen molar-refractivity contribution >= 4 is 11.7 Å². The van der Waals surface area contributed by atoms with Crippen molar-refractivity contribution in [1.82, 2.24) is 15.5 Å². The van der Waals surface area contributed by atoms with E-state index in [-0.39, 0.29) is 17.4 Å². The van der Waals surface area contributed by atoms with Crippen LogP contribution in [0.5, 0.6) is 0 Å². The predicted molar refractivity (Wildman–Crippen MR) is 78.6 cm³/mol. The minimum Gasteiger partial charge on any atom is -0.369 e. The van der Waals surface area contributed by atoms with Gasteiger partial charge in [0, 0.05) is 13.6 Å². The number of aromatic nitrogens is 2. The smallest absolute Gasteiger partial charge is 0.271 e. The third-order valence-corrected chi connectivity index (χ3v) is 2.96. The molecule has 0 radical (unpaired) electrons. The average molecular weight is 288 g/mol. The fourth-order valence-corrected chi connectivity index (χ4v) is 1.88. The van der Waals surface area contributed by atoms with Crippen LogP contribution in [0.3, 0.4) is 0 Å². The lowest BCUT2D eigenvalue weighted by Crippen LogP contribution is -2.19. The molecule has 0 saturated heterocycles. The Morgan fingerprint density at radius 1 is 1.24 bits per heavy atom. The maximum Gasteiger partial charge on any atom is 0.271 e. The van der Waals surface area contributed by atoms with Crippen LogP contribution < -0.4 is 10.6 Å². The number of halogens is 1. The van der Waals surface area contributed by atoms with Gasteiger partial charge in [0.2, 0.25) is 0 Å². The lowest BCUT2D eigenvalue weighted by molar-refractivity contribution is 0.0957. The van der Waals surface area contributed by atoms with E-state index in [9.17, 15) is 9.18 Å². The van der Waals surface area contributed by atoms with Gasteiger partial charge in [0.1, 0.15) is 11.6 Å². The Kier molecular flexibility index (Phi) is 5.20. The second-order valence-electron chi connectivity index (χ2n) is 4.54. The van der Waals surface area contributed by atoms with E-state index >= 15 is 0 Å². The molecule has 1 amide bonds. The van der Waals surface area contributed by atoms with Gasteiger partial charge in [-0.05, 0) is 42.7 Å². The van der Waals surface area contributed by atoms with Crippen LogP contribution in [-0.2, 0) is 6.42 Å². The lowest BCUT2D eigenvalue weighted by Gasteiger charge is -2.05. The highest BCUT2D eigenvalue weighted by Gasteiger charge is 2.05. The third kappa shape index (κ3) is 4.52. The number of rotatable bonds is 6. The van der Waals surface area contributed by atoms with Gasteiger partial charge in [-0.3, -0.25) is 4.79 Å². The van der Waals surface area contributed by atoms with Gasteiger partial charge in [-0.15, -0.1) is 10.2 Å². The second-order valence-corrected chi connectivity index (χ2v) is 4.54. The Labute approximate surface area is 122 Å². The molecule has 2 rings (SSSR count). The number of nitrogens with one attached hydrogen (secondary N) is 2. The molecule has 6 heteroatoms. The van der Waals surface area contributed by atoms with Gasteiger partial charge in [0.25, 0.3) is 5.91 Å². The molecule has 2 aromatic rings. The molecule has 1 aromatic carbocycles. The number of nitrogens with zero attached hydrogens (tertiary/aromatic N) is 2. The Morgan fingerprint density at radius 2 is 2.10 bits per heavy atom. The highest BCUT2D eigenvalue weighted by molar-refractivity contribution is 5.91. The maximum atomic E-state index is 13.0. The predicted octanol–water partition coefficient (Wildman–Crippen LogP) is 2.02. The minimum absolute atomic E-state index is 0.212. The summed E-state index contributed by atoms with van der Waals surface area (Å²) >= 11 is 0. The van der Waals surface area contributed by atoms with Gasteiger partial charge in [0.15, 0.2) is 5.69 Å². The van der Waals surface area contributed by atoms with Crippen LogP contribution in [0.15, 0.2) is 36.4 Å². The topological polar surface area (TPSA) is 66.9 Å². The summed E-state index contributed by atoms with van der Waals surface area (Å²) in [6, 6.07) is 9.91. The molecule has 0 aliphatic rings. The van der Waals surface area contributed by atoms with E-state index < -0.39 is 0 Å². The number of amides is 1. The first kappa shape index (κ1) is 14.9. The zero-order valence-corrected chi connectivity index (χ0v) is 11.8. The fourth-order valence-electron chi connectivity index (χ4n) is 1.88. The first-order valence-electron chi connectivity index (χ1n) is 6.73. The average Bonchev–Trinajstić information content (AvgIpc) is 2.51. The first-order valence-corrected chi connectivity index (χ1v) is 6.73. The molecule has 0 bridgehead atoms. The monoisotopic (exact) mass is 288 g/mol. The van der Waals surface area contributed by atoms with Crippen molar-refractivity contribution in [3.8, 4) is 0 Å². The van der Waals surface area contributed by atoms with Gasteiger partial charge >= 0.3 is 0 Å².